The molecule has 0 spiro atoms. The Morgan fingerprint density at radius 1 is 1.04 bits per heavy atom. The maximum absolute atomic E-state index is 13.4. The maximum Gasteiger partial charge on any atom is 0.238 e. The van der Waals surface area contributed by atoms with Gasteiger partial charge in [-0.15, -0.1) is 0 Å². The SMILES string of the molecule is CN1C(=O)[C@](CC(=O)Nc2cccnc2)(Cc2ccccc2)c2ccccc21. The summed E-state index contributed by atoms with van der Waals surface area (Å²) in [7, 11) is 1.77. The number of benzene rings is 2. The number of rotatable bonds is 5. The van der Waals surface area contributed by atoms with Crippen LogP contribution in [0.1, 0.15) is 17.5 Å². The number of hydrogen-bond donors (Lipinski definition) is 1. The van der Waals surface area contributed by atoms with Crippen LogP contribution < -0.4 is 10.2 Å². The Morgan fingerprint density at radius 2 is 1.79 bits per heavy atom. The molecule has 4 rings (SSSR count). The Labute approximate surface area is 164 Å². The summed E-state index contributed by atoms with van der Waals surface area (Å²) in [5.41, 5.74) is 2.47. The van der Waals surface area contributed by atoms with E-state index in [1.807, 2.05) is 54.6 Å². The summed E-state index contributed by atoms with van der Waals surface area (Å²) >= 11 is 0. The average Bonchev–Trinajstić information content (AvgIpc) is 2.92. The van der Waals surface area contributed by atoms with Crippen molar-refractivity contribution in [2.24, 2.45) is 0 Å². The van der Waals surface area contributed by atoms with Gasteiger partial charge in [0.2, 0.25) is 11.8 Å². The van der Waals surface area contributed by atoms with Crippen LogP contribution in [0.5, 0.6) is 0 Å². The number of pyridine rings is 1. The van der Waals surface area contributed by atoms with Gasteiger partial charge in [-0.05, 0) is 35.7 Å². The number of fused-ring (bicyclic) bond motifs is 1. The standard InChI is InChI=1S/C23H21N3O2/c1-26-20-12-6-5-11-19(20)23(22(26)28,14-17-8-3-2-4-9-17)15-21(27)25-18-10-7-13-24-16-18/h2-13,16H,14-15H2,1H3,(H,25,27)/t23-/m0/s1. The van der Waals surface area contributed by atoms with Gasteiger partial charge in [-0.2, -0.15) is 0 Å². The lowest BCUT2D eigenvalue weighted by atomic mass is 9.73. The van der Waals surface area contributed by atoms with Crippen LogP contribution in [0, 0.1) is 0 Å². The number of aromatic nitrogens is 1. The van der Waals surface area contributed by atoms with Crippen molar-refractivity contribution in [2.45, 2.75) is 18.3 Å². The Bertz CT molecular complexity index is 1000. The molecule has 0 aliphatic carbocycles. The lowest BCUT2D eigenvalue weighted by molar-refractivity contribution is -0.127. The van der Waals surface area contributed by atoms with E-state index >= 15 is 0 Å². The average molecular weight is 371 g/mol. The van der Waals surface area contributed by atoms with E-state index in [1.165, 1.54) is 0 Å². The minimum absolute atomic E-state index is 0.0566. The van der Waals surface area contributed by atoms with E-state index in [1.54, 1.807) is 36.5 Å². The molecule has 0 fully saturated rings. The molecule has 0 bridgehead atoms. The number of nitrogens with one attached hydrogen (secondary N) is 1. The van der Waals surface area contributed by atoms with Crippen LogP contribution in [0.3, 0.4) is 0 Å². The van der Waals surface area contributed by atoms with Crippen LogP contribution >= 0.6 is 0 Å². The van der Waals surface area contributed by atoms with Crippen molar-refractivity contribution in [3.8, 4) is 0 Å². The number of anilines is 2. The van der Waals surface area contributed by atoms with Crippen molar-refractivity contribution >= 4 is 23.2 Å². The zero-order chi connectivity index (χ0) is 19.6. The summed E-state index contributed by atoms with van der Waals surface area (Å²) in [6.45, 7) is 0. The molecule has 2 aromatic carbocycles. The highest BCUT2D eigenvalue weighted by atomic mass is 16.2. The van der Waals surface area contributed by atoms with E-state index in [-0.39, 0.29) is 18.2 Å². The predicted molar refractivity (Wildman–Crippen MR) is 109 cm³/mol. The van der Waals surface area contributed by atoms with Gasteiger partial charge in [0.1, 0.15) is 0 Å². The second-order valence-electron chi connectivity index (χ2n) is 7.09. The van der Waals surface area contributed by atoms with E-state index in [9.17, 15) is 9.59 Å². The van der Waals surface area contributed by atoms with Crippen molar-refractivity contribution in [2.75, 3.05) is 17.3 Å². The minimum atomic E-state index is -0.932. The third kappa shape index (κ3) is 3.16. The Kier molecular flexibility index (Phi) is 4.65. The Morgan fingerprint density at radius 3 is 2.54 bits per heavy atom. The number of carbonyl (C=O) groups is 2. The first-order chi connectivity index (χ1) is 13.6. The van der Waals surface area contributed by atoms with Crippen molar-refractivity contribution in [1.82, 2.24) is 4.98 Å². The monoisotopic (exact) mass is 371 g/mol. The maximum atomic E-state index is 13.4. The highest BCUT2D eigenvalue weighted by Gasteiger charge is 2.50. The second-order valence-corrected chi connectivity index (χ2v) is 7.09. The molecule has 3 aromatic rings. The van der Waals surface area contributed by atoms with E-state index in [4.69, 9.17) is 0 Å². The summed E-state index contributed by atoms with van der Waals surface area (Å²) in [5, 5.41) is 2.87. The van der Waals surface area contributed by atoms with Gasteiger partial charge in [0.05, 0.1) is 17.3 Å². The van der Waals surface area contributed by atoms with Gasteiger partial charge in [-0.25, -0.2) is 0 Å². The highest BCUT2D eigenvalue weighted by Crippen LogP contribution is 2.45. The number of nitrogens with zero attached hydrogens (tertiary/aromatic N) is 2. The molecule has 0 saturated carbocycles. The first kappa shape index (κ1) is 17.9. The lowest BCUT2D eigenvalue weighted by Gasteiger charge is -2.28. The summed E-state index contributed by atoms with van der Waals surface area (Å²) in [5.74, 6) is -0.263. The van der Waals surface area contributed by atoms with Crippen LogP contribution in [0.15, 0.2) is 79.1 Å². The van der Waals surface area contributed by atoms with Crippen molar-refractivity contribution in [3.63, 3.8) is 0 Å². The van der Waals surface area contributed by atoms with Crippen LogP contribution in [0.25, 0.3) is 0 Å². The van der Waals surface area contributed by atoms with Gasteiger partial charge in [0.15, 0.2) is 0 Å². The molecular weight excluding hydrogens is 350 g/mol. The molecule has 5 heteroatoms. The molecule has 0 unspecified atom stereocenters. The zero-order valence-corrected chi connectivity index (χ0v) is 15.6. The molecule has 140 valence electrons. The van der Waals surface area contributed by atoms with Crippen LogP contribution in [0.2, 0.25) is 0 Å². The van der Waals surface area contributed by atoms with Crippen LogP contribution in [-0.2, 0) is 21.4 Å². The van der Waals surface area contributed by atoms with Gasteiger partial charge < -0.3 is 10.2 Å². The van der Waals surface area contributed by atoms with E-state index in [0.29, 0.717) is 12.1 Å². The quantitative estimate of drug-likeness (QED) is 0.746. The Hall–Kier alpha value is -3.47. The van der Waals surface area contributed by atoms with Crippen molar-refractivity contribution < 1.29 is 9.59 Å². The van der Waals surface area contributed by atoms with E-state index in [0.717, 1.165) is 16.8 Å². The molecule has 1 aliphatic rings. The number of amides is 2. The zero-order valence-electron chi connectivity index (χ0n) is 15.6. The third-order valence-electron chi connectivity index (χ3n) is 5.25. The topological polar surface area (TPSA) is 62.3 Å². The molecule has 1 aliphatic heterocycles. The van der Waals surface area contributed by atoms with Gasteiger partial charge >= 0.3 is 0 Å². The first-order valence-corrected chi connectivity index (χ1v) is 9.22. The molecule has 1 aromatic heterocycles. The fourth-order valence-electron chi connectivity index (χ4n) is 3.98. The van der Waals surface area contributed by atoms with Crippen LogP contribution in [-0.4, -0.2) is 23.8 Å². The van der Waals surface area contributed by atoms with E-state index in [2.05, 4.69) is 10.3 Å². The van der Waals surface area contributed by atoms with Crippen molar-refractivity contribution in [3.05, 3.63) is 90.3 Å². The second kappa shape index (κ2) is 7.27. The van der Waals surface area contributed by atoms with Gasteiger partial charge in [0.25, 0.3) is 0 Å². The molecule has 28 heavy (non-hydrogen) atoms. The first-order valence-electron chi connectivity index (χ1n) is 9.22. The number of hydrogen-bond acceptors (Lipinski definition) is 3. The number of carbonyl (C=O) groups excluding carboxylic acids is 2. The molecule has 2 amide bonds. The molecule has 1 N–H and O–H groups in total. The smallest absolute Gasteiger partial charge is 0.238 e. The van der Waals surface area contributed by atoms with Gasteiger partial charge in [-0.1, -0.05) is 48.5 Å². The summed E-state index contributed by atoms with van der Waals surface area (Å²) in [4.78, 5) is 32.0. The molecule has 2 heterocycles. The normalized spacial score (nSPS) is 18.0. The summed E-state index contributed by atoms with van der Waals surface area (Å²) in [6.07, 6.45) is 3.78. The van der Waals surface area contributed by atoms with E-state index < -0.39 is 5.41 Å². The Balaban J connectivity index is 1.72. The van der Waals surface area contributed by atoms with Crippen molar-refractivity contribution in [1.29, 1.82) is 0 Å². The molecule has 5 nitrogen and oxygen atoms in total. The molecule has 0 saturated heterocycles. The number of likely N-dealkylation sites (N-methyl/N-ethyl adjacent to an activating group) is 1. The molecule has 0 radical (unpaired) electrons. The molecular formula is C23H21N3O2. The van der Waals surface area contributed by atoms with Gasteiger partial charge in [0, 0.05) is 25.4 Å². The highest BCUT2D eigenvalue weighted by molar-refractivity contribution is 6.10. The minimum Gasteiger partial charge on any atom is -0.325 e. The van der Waals surface area contributed by atoms with Crippen LogP contribution in [0.4, 0.5) is 11.4 Å². The summed E-state index contributed by atoms with van der Waals surface area (Å²) < 4.78 is 0. The fraction of sp³-hybridized carbons (Fsp3) is 0.174. The molecule has 1 atom stereocenters. The number of para-hydroxylation sites is 1. The third-order valence-corrected chi connectivity index (χ3v) is 5.25. The van der Waals surface area contributed by atoms with Gasteiger partial charge in [-0.3, -0.25) is 14.6 Å². The summed E-state index contributed by atoms with van der Waals surface area (Å²) in [6, 6.07) is 21.1. The fourth-order valence-corrected chi connectivity index (χ4v) is 3.98. The lowest BCUT2D eigenvalue weighted by Crippen LogP contribution is -2.43. The predicted octanol–water partition coefficient (Wildman–Crippen LogP) is 3.57. The largest absolute Gasteiger partial charge is 0.325 e.